The van der Waals surface area contributed by atoms with Crippen LogP contribution in [0.5, 0.6) is 11.5 Å². The van der Waals surface area contributed by atoms with E-state index in [0.717, 1.165) is 5.69 Å². The van der Waals surface area contributed by atoms with Crippen LogP contribution in [0.25, 0.3) is 0 Å². The maximum atomic E-state index is 12.4. The molecule has 0 aliphatic carbocycles. The largest absolute Gasteiger partial charge is 0.497 e. The van der Waals surface area contributed by atoms with Crippen LogP contribution in [0.1, 0.15) is 23.9 Å². The monoisotopic (exact) mass is 375 g/mol. The van der Waals surface area contributed by atoms with E-state index in [1.807, 2.05) is 6.92 Å². The highest BCUT2D eigenvalue weighted by Gasteiger charge is 2.21. The van der Waals surface area contributed by atoms with Gasteiger partial charge in [-0.15, -0.1) is 0 Å². The van der Waals surface area contributed by atoms with Crippen molar-refractivity contribution in [2.24, 2.45) is 7.05 Å². The predicted molar refractivity (Wildman–Crippen MR) is 100 cm³/mol. The summed E-state index contributed by atoms with van der Waals surface area (Å²) in [5.41, 5.74) is 2.80. The van der Waals surface area contributed by atoms with Crippen molar-refractivity contribution in [2.45, 2.75) is 33.3 Å². The molecule has 0 aliphatic heterocycles. The zero-order valence-electron chi connectivity index (χ0n) is 16.5. The molecule has 8 heteroatoms. The van der Waals surface area contributed by atoms with E-state index in [4.69, 9.17) is 14.2 Å². The minimum absolute atomic E-state index is 0.0181. The summed E-state index contributed by atoms with van der Waals surface area (Å²) >= 11 is 0. The molecule has 0 fully saturated rings. The Morgan fingerprint density at radius 2 is 1.93 bits per heavy atom. The number of ether oxygens (including phenoxy) is 3. The molecule has 146 valence electrons. The number of benzene rings is 1. The van der Waals surface area contributed by atoms with Crippen molar-refractivity contribution in [1.82, 2.24) is 9.78 Å². The van der Waals surface area contributed by atoms with Gasteiger partial charge in [-0.25, -0.2) is 0 Å². The quantitative estimate of drug-likeness (QED) is 0.746. The number of nitrogens with one attached hydrogen (secondary N) is 1. The Kier molecular flexibility index (Phi) is 6.44. The van der Waals surface area contributed by atoms with Crippen molar-refractivity contribution in [1.29, 1.82) is 0 Å². The van der Waals surface area contributed by atoms with Crippen molar-refractivity contribution >= 4 is 17.6 Å². The molecule has 0 radical (unpaired) electrons. The number of aryl methyl sites for hydroxylation is 2. The van der Waals surface area contributed by atoms with Crippen molar-refractivity contribution in [3.8, 4) is 11.5 Å². The van der Waals surface area contributed by atoms with Crippen LogP contribution >= 0.6 is 0 Å². The predicted octanol–water partition coefficient (Wildman–Crippen LogP) is 2.17. The van der Waals surface area contributed by atoms with Gasteiger partial charge in [-0.1, -0.05) is 6.07 Å². The molecular weight excluding hydrogens is 350 g/mol. The van der Waals surface area contributed by atoms with Crippen molar-refractivity contribution in [3.05, 3.63) is 35.2 Å². The summed E-state index contributed by atoms with van der Waals surface area (Å²) in [6.45, 7) is 5.18. The number of hydrogen-bond acceptors (Lipinski definition) is 6. The van der Waals surface area contributed by atoms with Crippen LogP contribution < -0.4 is 14.8 Å². The average molecular weight is 375 g/mol. The van der Waals surface area contributed by atoms with Gasteiger partial charge in [0.15, 0.2) is 6.10 Å². The number of anilines is 1. The van der Waals surface area contributed by atoms with Crippen LogP contribution in [0.15, 0.2) is 18.2 Å². The van der Waals surface area contributed by atoms with Crippen LogP contribution in [0.3, 0.4) is 0 Å². The van der Waals surface area contributed by atoms with Crippen LogP contribution in [-0.2, 0) is 27.8 Å². The number of aromatic nitrogens is 2. The Balaban J connectivity index is 2.00. The van der Waals surface area contributed by atoms with Gasteiger partial charge in [-0.2, -0.15) is 5.10 Å². The Morgan fingerprint density at radius 3 is 2.48 bits per heavy atom. The Hall–Kier alpha value is -3.03. The van der Waals surface area contributed by atoms with Gasteiger partial charge < -0.3 is 19.5 Å². The molecule has 27 heavy (non-hydrogen) atoms. The van der Waals surface area contributed by atoms with Gasteiger partial charge in [0.2, 0.25) is 0 Å². The molecule has 0 spiro atoms. The van der Waals surface area contributed by atoms with Gasteiger partial charge in [0.25, 0.3) is 5.91 Å². The second-order valence-electron chi connectivity index (χ2n) is 6.15. The summed E-state index contributed by atoms with van der Waals surface area (Å²) in [4.78, 5) is 24.6. The lowest BCUT2D eigenvalue weighted by Gasteiger charge is -2.15. The van der Waals surface area contributed by atoms with Crippen molar-refractivity contribution in [2.75, 3.05) is 19.5 Å². The first kappa shape index (κ1) is 20.3. The van der Waals surface area contributed by atoms with Crippen LogP contribution in [0, 0.1) is 13.8 Å². The molecule has 1 amide bonds. The fraction of sp³-hybridized carbons (Fsp3) is 0.421. The van der Waals surface area contributed by atoms with Gasteiger partial charge in [-0.3, -0.25) is 14.3 Å². The number of rotatable bonds is 7. The molecule has 0 unspecified atom stereocenters. The maximum Gasteiger partial charge on any atom is 0.311 e. The fourth-order valence-electron chi connectivity index (χ4n) is 2.63. The summed E-state index contributed by atoms with van der Waals surface area (Å²) < 4.78 is 17.4. The number of nitrogens with zero attached hydrogens (tertiary/aromatic N) is 2. The summed E-state index contributed by atoms with van der Waals surface area (Å²) in [6, 6.07) is 5.15. The van der Waals surface area contributed by atoms with Crippen molar-refractivity contribution in [3.63, 3.8) is 0 Å². The molecule has 1 aromatic carbocycles. The third kappa shape index (κ3) is 4.78. The molecule has 0 aliphatic rings. The van der Waals surface area contributed by atoms with Gasteiger partial charge in [0.1, 0.15) is 11.5 Å². The lowest BCUT2D eigenvalue weighted by molar-refractivity contribution is -0.152. The third-order valence-corrected chi connectivity index (χ3v) is 4.26. The van der Waals surface area contributed by atoms with E-state index in [2.05, 4.69) is 10.4 Å². The van der Waals surface area contributed by atoms with E-state index < -0.39 is 18.0 Å². The standard InChI is InChI=1S/C19H25N3O5/c1-11-18(12(2)22(4)21-11)20-19(24)13(3)27-17(23)9-14-7-8-15(25-5)10-16(14)26-6/h7-8,10,13H,9H2,1-6H3,(H,20,24)/t13-/m0/s1. The summed E-state index contributed by atoms with van der Waals surface area (Å²) in [5, 5.41) is 7.01. The zero-order valence-corrected chi connectivity index (χ0v) is 16.5. The zero-order chi connectivity index (χ0) is 20.1. The van der Waals surface area contributed by atoms with E-state index in [9.17, 15) is 9.59 Å². The minimum Gasteiger partial charge on any atom is -0.497 e. The van der Waals surface area contributed by atoms with Gasteiger partial charge in [-0.05, 0) is 26.8 Å². The van der Waals surface area contributed by atoms with Crippen molar-refractivity contribution < 1.29 is 23.8 Å². The van der Waals surface area contributed by atoms with Crippen LogP contribution in [0.2, 0.25) is 0 Å². The topological polar surface area (TPSA) is 91.7 Å². The van der Waals surface area contributed by atoms with E-state index in [-0.39, 0.29) is 6.42 Å². The SMILES string of the molecule is COc1ccc(CC(=O)O[C@@H](C)C(=O)Nc2c(C)nn(C)c2C)c(OC)c1. The molecule has 1 heterocycles. The number of carbonyl (C=O) groups is 2. The second kappa shape index (κ2) is 8.57. The van der Waals surface area contributed by atoms with E-state index in [1.165, 1.54) is 14.0 Å². The molecule has 1 atom stereocenters. The lowest BCUT2D eigenvalue weighted by atomic mass is 10.1. The average Bonchev–Trinajstić information content (AvgIpc) is 2.87. The summed E-state index contributed by atoms with van der Waals surface area (Å²) in [5.74, 6) is 0.203. The number of hydrogen-bond donors (Lipinski definition) is 1. The normalized spacial score (nSPS) is 11.6. The fourth-order valence-corrected chi connectivity index (χ4v) is 2.63. The first-order valence-electron chi connectivity index (χ1n) is 8.48. The Morgan fingerprint density at radius 1 is 1.22 bits per heavy atom. The molecule has 8 nitrogen and oxygen atoms in total. The van der Waals surface area contributed by atoms with E-state index >= 15 is 0 Å². The molecule has 0 saturated heterocycles. The molecule has 2 aromatic rings. The van der Waals surface area contributed by atoms with Crippen LogP contribution in [0.4, 0.5) is 5.69 Å². The smallest absolute Gasteiger partial charge is 0.311 e. The molecule has 1 aromatic heterocycles. The first-order valence-corrected chi connectivity index (χ1v) is 8.48. The number of esters is 1. The minimum atomic E-state index is -0.944. The Labute approximate surface area is 158 Å². The van der Waals surface area contributed by atoms with E-state index in [0.29, 0.717) is 28.4 Å². The number of methoxy groups -OCH3 is 2. The second-order valence-corrected chi connectivity index (χ2v) is 6.15. The van der Waals surface area contributed by atoms with Crippen LogP contribution in [-0.4, -0.2) is 42.0 Å². The highest BCUT2D eigenvalue weighted by atomic mass is 16.5. The summed E-state index contributed by atoms with van der Waals surface area (Å²) in [7, 11) is 4.86. The van der Waals surface area contributed by atoms with Gasteiger partial charge >= 0.3 is 5.97 Å². The number of amides is 1. The summed E-state index contributed by atoms with van der Waals surface area (Å²) in [6.07, 6.45) is -0.962. The third-order valence-electron chi connectivity index (χ3n) is 4.26. The highest BCUT2D eigenvalue weighted by molar-refractivity contribution is 5.96. The molecular formula is C19H25N3O5. The van der Waals surface area contributed by atoms with E-state index in [1.54, 1.807) is 44.0 Å². The first-order chi connectivity index (χ1) is 12.8. The molecule has 1 N–H and O–H groups in total. The maximum absolute atomic E-state index is 12.4. The number of carbonyl (C=O) groups excluding carboxylic acids is 2. The lowest BCUT2D eigenvalue weighted by Crippen LogP contribution is -2.30. The molecule has 0 saturated carbocycles. The molecule has 0 bridgehead atoms. The van der Waals surface area contributed by atoms with Gasteiger partial charge in [0, 0.05) is 18.7 Å². The highest BCUT2D eigenvalue weighted by Crippen LogP contribution is 2.25. The Bertz CT molecular complexity index is 844. The van der Waals surface area contributed by atoms with Gasteiger partial charge in [0.05, 0.1) is 37.7 Å². The molecule has 2 rings (SSSR count).